The van der Waals surface area contributed by atoms with Gasteiger partial charge >= 0.3 is 0 Å². The van der Waals surface area contributed by atoms with Crippen LogP contribution in [0.4, 0.5) is 11.5 Å². The number of carbonyl (C=O) groups is 1. The van der Waals surface area contributed by atoms with Gasteiger partial charge in [0.25, 0.3) is 0 Å². The third kappa shape index (κ3) is 3.37. The molecule has 0 saturated heterocycles. The minimum atomic E-state index is -0.0474. The molecule has 0 saturated carbocycles. The zero-order valence-electron chi connectivity index (χ0n) is 10.7. The Morgan fingerprint density at radius 1 is 1.47 bits per heavy atom. The van der Waals surface area contributed by atoms with Crippen molar-refractivity contribution in [2.45, 2.75) is 33.7 Å². The molecule has 0 unspecified atom stereocenters. The SMILES string of the molecule is CCCn1nc(C)c(N)c1NCC(=O)NCC. The van der Waals surface area contributed by atoms with Gasteiger partial charge in [-0.3, -0.25) is 4.79 Å². The number of aromatic nitrogens is 2. The number of hydrogen-bond acceptors (Lipinski definition) is 4. The van der Waals surface area contributed by atoms with E-state index in [4.69, 9.17) is 5.73 Å². The minimum absolute atomic E-state index is 0.0474. The van der Waals surface area contributed by atoms with Crippen LogP contribution >= 0.6 is 0 Å². The highest BCUT2D eigenvalue weighted by Crippen LogP contribution is 2.21. The third-order valence-electron chi connectivity index (χ3n) is 2.40. The Balaban J connectivity index is 2.71. The van der Waals surface area contributed by atoms with Crippen molar-refractivity contribution < 1.29 is 4.79 Å². The molecular weight excluding hydrogens is 218 g/mol. The molecular formula is C11H21N5O. The normalized spacial score (nSPS) is 10.3. The highest BCUT2D eigenvalue weighted by atomic mass is 16.1. The van der Waals surface area contributed by atoms with Gasteiger partial charge in [0.15, 0.2) is 0 Å². The molecule has 0 radical (unpaired) electrons. The molecule has 96 valence electrons. The van der Waals surface area contributed by atoms with E-state index < -0.39 is 0 Å². The lowest BCUT2D eigenvalue weighted by Gasteiger charge is -2.09. The largest absolute Gasteiger partial charge is 0.394 e. The van der Waals surface area contributed by atoms with Crippen molar-refractivity contribution in [2.75, 3.05) is 24.1 Å². The number of nitrogen functional groups attached to an aromatic ring is 1. The van der Waals surface area contributed by atoms with Gasteiger partial charge < -0.3 is 16.4 Å². The second-order valence-corrected chi connectivity index (χ2v) is 3.88. The molecule has 17 heavy (non-hydrogen) atoms. The number of likely N-dealkylation sites (N-methyl/N-ethyl adjacent to an activating group) is 1. The number of nitrogens with zero attached hydrogens (tertiary/aromatic N) is 2. The van der Waals surface area contributed by atoms with E-state index in [-0.39, 0.29) is 12.5 Å². The van der Waals surface area contributed by atoms with Crippen molar-refractivity contribution in [1.82, 2.24) is 15.1 Å². The van der Waals surface area contributed by atoms with Gasteiger partial charge in [0.05, 0.1) is 17.9 Å². The highest BCUT2D eigenvalue weighted by molar-refractivity contribution is 5.81. The van der Waals surface area contributed by atoms with E-state index in [9.17, 15) is 4.79 Å². The van der Waals surface area contributed by atoms with Crippen LogP contribution in [0.1, 0.15) is 26.0 Å². The third-order valence-corrected chi connectivity index (χ3v) is 2.40. The molecule has 6 nitrogen and oxygen atoms in total. The summed E-state index contributed by atoms with van der Waals surface area (Å²) in [5, 5.41) is 10.1. The molecule has 0 aromatic carbocycles. The van der Waals surface area contributed by atoms with E-state index in [1.165, 1.54) is 0 Å². The smallest absolute Gasteiger partial charge is 0.239 e. The summed E-state index contributed by atoms with van der Waals surface area (Å²) in [6, 6.07) is 0. The van der Waals surface area contributed by atoms with Gasteiger partial charge in [0.1, 0.15) is 5.82 Å². The molecule has 6 heteroatoms. The molecule has 4 N–H and O–H groups in total. The number of anilines is 2. The number of amides is 1. The maximum absolute atomic E-state index is 11.4. The molecule has 0 atom stereocenters. The Labute approximate surface area is 102 Å². The number of carbonyl (C=O) groups excluding carboxylic acids is 1. The van der Waals surface area contributed by atoms with Crippen molar-refractivity contribution in [3.63, 3.8) is 0 Å². The van der Waals surface area contributed by atoms with E-state index in [1.807, 2.05) is 18.5 Å². The van der Waals surface area contributed by atoms with E-state index in [2.05, 4.69) is 22.7 Å². The zero-order chi connectivity index (χ0) is 12.8. The molecule has 1 heterocycles. The van der Waals surface area contributed by atoms with Crippen LogP contribution in [0.3, 0.4) is 0 Å². The molecule has 0 fully saturated rings. The fourth-order valence-corrected chi connectivity index (χ4v) is 1.58. The fourth-order valence-electron chi connectivity index (χ4n) is 1.58. The first-order chi connectivity index (χ1) is 8.10. The first-order valence-corrected chi connectivity index (χ1v) is 5.93. The summed E-state index contributed by atoms with van der Waals surface area (Å²) in [6.45, 7) is 7.45. The Kier molecular flexibility index (Phi) is 4.81. The predicted octanol–water partition coefficient (Wildman–Crippen LogP) is 0.732. The number of nitrogens with one attached hydrogen (secondary N) is 2. The van der Waals surface area contributed by atoms with Crippen LogP contribution in [0, 0.1) is 6.92 Å². The molecule has 0 bridgehead atoms. The van der Waals surface area contributed by atoms with Crippen LogP contribution in [-0.4, -0.2) is 28.8 Å². The monoisotopic (exact) mass is 239 g/mol. The van der Waals surface area contributed by atoms with Crippen molar-refractivity contribution >= 4 is 17.4 Å². The zero-order valence-corrected chi connectivity index (χ0v) is 10.7. The lowest BCUT2D eigenvalue weighted by molar-refractivity contribution is -0.119. The molecule has 0 aliphatic heterocycles. The Morgan fingerprint density at radius 3 is 2.76 bits per heavy atom. The van der Waals surface area contributed by atoms with Gasteiger partial charge in [-0.25, -0.2) is 4.68 Å². The summed E-state index contributed by atoms with van der Waals surface area (Å²) in [5.41, 5.74) is 7.32. The number of rotatable bonds is 6. The van der Waals surface area contributed by atoms with Crippen LogP contribution in [0.2, 0.25) is 0 Å². The van der Waals surface area contributed by atoms with E-state index in [1.54, 1.807) is 0 Å². The topological polar surface area (TPSA) is 85.0 Å². The summed E-state index contributed by atoms with van der Waals surface area (Å²) < 4.78 is 1.81. The minimum Gasteiger partial charge on any atom is -0.394 e. The van der Waals surface area contributed by atoms with E-state index in [0.29, 0.717) is 12.2 Å². The first kappa shape index (κ1) is 13.3. The Hall–Kier alpha value is -1.72. The van der Waals surface area contributed by atoms with Crippen molar-refractivity contribution in [1.29, 1.82) is 0 Å². The van der Waals surface area contributed by atoms with Gasteiger partial charge in [-0.2, -0.15) is 5.10 Å². The molecule has 1 amide bonds. The van der Waals surface area contributed by atoms with Gasteiger partial charge in [0.2, 0.25) is 5.91 Å². The quantitative estimate of drug-likeness (QED) is 0.683. The van der Waals surface area contributed by atoms with Crippen LogP contribution in [0.15, 0.2) is 0 Å². The van der Waals surface area contributed by atoms with Crippen molar-refractivity contribution in [2.24, 2.45) is 0 Å². The predicted molar refractivity (Wildman–Crippen MR) is 68.8 cm³/mol. The summed E-state index contributed by atoms with van der Waals surface area (Å²) in [7, 11) is 0. The lowest BCUT2D eigenvalue weighted by atomic mass is 10.4. The molecule has 0 spiro atoms. The molecule has 0 aliphatic carbocycles. The van der Waals surface area contributed by atoms with Crippen molar-refractivity contribution in [3.05, 3.63) is 5.69 Å². The average Bonchev–Trinajstić information content (AvgIpc) is 2.54. The second kappa shape index (κ2) is 6.12. The maximum Gasteiger partial charge on any atom is 0.239 e. The van der Waals surface area contributed by atoms with Crippen molar-refractivity contribution in [3.8, 4) is 0 Å². The number of nitrogens with two attached hydrogens (primary N) is 1. The fraction of sp³-hybridized carbons (Fsp3) is 0.636. The maximum atomic E-state index is 11.4. The second-order valence-electron chi connectivity index (χ2n) is 3.88. The van der Waals surface area contributed by atoms with E-state index in [0.717, 1.165) is 24.5 Å². The van der Waals surface area contributed by atoms with Gasteiger partial charge in [-0.1, -0.05) is 6.92 Å². The number of hydrogen-bond donors (Lipinski definition) is 3. The molecule has 0 aliphatic rings. The molecule has 1 aromatic heterocycles. The van der Waals surface area contributed by atoms with Crippen LogP contribution in [-0.2, 0) is 11.3 Å². The average molecular weight is 239 g/mol. The summed E-state index contributed by atoms with van der Waals surface area (Å²) >= 11 is 0. The Bertz CT molecular complexity index is 385. The Morgan fingerprint density at radius 2 is 2.18 bits per heavy atom. The molecule has 1 aromatic rings. The lowest BCUT2D eigenvalue weighted by Crippen LogP contribution is -2.30. The summed E-state index contributed by atoms with van der Waals surface area (Å²) in [5.74, 6) is 0.685. The van der Waals surface area contributed by atoms with Gasteiger partial charge in [-0.05, 0) is 20.3 Å². The summed E-state index contributed by atoms with van der Waals surface area (Å²) in [6.07, 6.45) is 0.969. The van der Waals surface area contributed by atoms with Crippen LogP contribution in [0.25, 0.3) is 0 Å². The van der Waals surface area contributed by atoms with E-state index >= 15 is 0 Å². The summed E-state index contributed by atoms with van der Waals surface area (Å²) in [4.78, 5) is 11.4. The molecule has 1 rings (SSSR count). The van der Waals surface area contributed by atoms with Gasteiger partial charge in [-0.15, -0.1) is 0 Å². The number of aryl methyl sites for hydroxylation is 2. The standard InChI is InChI=1S/C11H21N5O/c1-4-6-16-11(10(12)8(3)15-16)14-7-9(17)13-5-2/h14H,4-7,12H2,1-3H3,(H,13,17). The highest BCUT2D eigenvalue weighted by Gasteiger charge is 2.12. The first-order valence-electron chi connectivity index (χ1n) is 5.93. The van der Waals surface area contributed by atoms with Gasteiger partial charge in [0, 0.05) is 13.1 Å². The van der Waals surface area contributed by atoms with Crippen LogP contribution < -0.4 is 16.4 Å². The van der Waals surface area contributed by atoms with Crippen LogP contribution in [0.5, 0.6) is 0 Å².